The molecule has 3 saturated carbocycles. The first-order valence-corrected chi connectivity index (χ1v) is 36.6. The lowest BCUT2D eigenvalue weighted by Crippen LogP contribution is -2.31. The Labute approximate surface area is 591 Å². The largest absolute Gasteiger partial charge is 0.257 e. The van der Waals surface area contributed by atoms with Crippen molar-refractivity contribution in [2.45, 2.75) is 156 Å². The van der Waals surface area contributed by atoms with Crippen LogP contribution in [-0.4, -0.2) is 15.0 Å². The molecule has 498 valence electrons. The molecular formula is C93H92FN6+3. The second-order valence-electron chi connectivity index (χ2n) is 30.4. The summed E-state index contributed by atoms with van der Waals surface area (Å²) in [4.78, 5) is 15.3. The van der Waals surface area contributed by atoms with Gasteiger partial charge in [0.25, 0.3) is 0 Å². The van der Waals surface area contributed by atoms with Crippen LogP contribution >= 0.6 is 0 Å². The first-order valence-electron chi connectivity index (χ1n) is 36.6. The Bertz CT molecular complexity index is 5060. The molecule has 0 radical (unpaired) electrons. The van der Waals surface area contributed by atoms with Crippen LogP contribution in [0.25, 0.3) is 101 Å². The third-order valence-electron chi connectivity index (χ3n) is 23.9. The minimum absolute atomic E-state index is 0.0878. The number of hydrogen-bond donors (Lipinski definition) is 0. The third kappa shape index (κ3) is 10.7. The van der Waals surface area contributed by atoms with Gasteiger partial charge in [0.05, 0.1) is 17.1 Å². The second-order valence-corrected chi connectivity index (χ2v) is 30.4. The first-order chi connectivity index (χ1) is 48.3. The minimum Gasteiger partial charge on any atom is -0.257 e. The summed E-state index contributed by atoms with van der Waals surface area (Å²) in [6.07, 6.45) is 21.7. The summed E-state index contributed by atoms with van der Waals surface area (Å²) in [5.41, 5.74) is 43.0. The molecule has 7 heteroatoms. The average molecular weight is 1310 g/mol. The Morgan fingerprint density at radius 3 is 0.840 bits per heavy atom. The van der Waals surface area contributed by atoms with E-state index in [4.69, 9.17) is 15.0 Å². The van der Waals surface area contributed by atoms with Gasteiger partial charge in [-0.25, -0.2) is 18.1 Å². The molecule has 0 unspecified atom stereocenters. The van der Waals surface area contributed by atoms with Gasteiger partial charge in [-0.1, -0.05) is 148 Å². The van der Waals surface area contributed by atoms with Gasteiger partial charge in [0.1, 0.15) is 27.0 Å². The number of rotatable bonds is 6. The summed E-state index contributed by atoms with van der Waals surface area (Å²) < 4.78 is 20.2. The van der Waals surface area contributed by atoms with Crippen molar-refractivity contribution in [3.8, 4) is 101 Å². The Balaban J connectivity index is 0.000000117. The van der Waals surface area contributed by atoms with Crippen molar-refractivity contribution in [3.05, 3.63) is 285 Å². The van der Waals surface area contributed by atoms with E-state index in [1.807, 2.05) is 12.1 Å². The van der Waals surface area contributed by atoms with Gasteiger partial charge in [0.2, 0.25) is 17.1 Å². The van der Waals surface area contributed by atoms with Crippen LogP contribution in [0.5, 0.6) is 0 Å². The standard InChI is InChI=1S/C31H30FN2.2C31H31N2/c1-19-15-28-26(24-12-7-21(3)33-30(24)31(28)13-5-6-14-31)17-25(19)29-16-20(2)27(18-34(29)4)22-8-10-23(32)11-9-22;2*1-20-16-28-26(24-13-12-22(3)32-30(24)31(28)14-8-9-15-31)18-25(20)29-17-21(2)27(19-33(29)4)23-10-6-5-7-11-23/h7-12,15-18H,5-6,13-14H2,1-4H3;2*5-7,10-13,16-19H,8-9,14-15H2,1-4H3/q3*+1. The molecule has 6 nitrogen and oxygen atoms in total. The summed E-state index contributed by atoms with van der Waals surface area (Å²) >= 11 is 0. The summed E-state index contributed by atoms with van der Waals surface area (Å²) in [6, 6.07) is 63.2. The molecule has 0 N–H and O–H groups in total. The minimum atomic E-state index is -0.207. The third-order valence-corrected chi connectivity index (χ3v) is 23.9. The van der Waals surface area contributed by atoms with Crippen LogP contribution in [0.4, 0.5) is 4.39 Å². The molecule has 6 heterocycles. The number of benzene rings is 6. The smallest absolute Gasteiger partial charge is 0.212 e. The van der Waals surface area contributed by atoms with E-state index in [0.29, 0.717) is 0 Å². The quantitative estimate of drug-likeness (QED) is 0.156. The molecule has 6 aliphatic rings. The number of nitrogens with zero attached hydrogens (tertiary/aromatic N) is 6. The molecule has 3 spiro atoms. The lowest BCUT2D eigenvalue weighted by Gasteiger charge is -2.26. The maximum Gasteiger partial charge on any atom is 0.212 e. The maximum absolute atomic E-state index is 13.4. The lowest BCUT2D eigenvalue weighted by molar-refractivity contribution is -0.660. The van der Waals surface area contributed by atoms with E-state index in [1.165, 1.54) is 246 Å². The zero-order valence-electron chi connectivity index (χ0n) is 60.5. The number of halogens is 1. The van der Waals surface area contributed by atoms with Crippen molar-refractivity contribution in [2.24, 2.45) is 21.1 Å². The van der Waals surface area contributed by atoms with Crippen LogP contribution in [0, 0.1) is 68.1 Å². The van der Waals surface area contributed by atoms with E-state index in [-0.39, 0.29) is 22.1 Å². The summed E-state index contributed by atoms with van der Waals surface area (Å²) in [7, 11) is 6.45. The highest BCUT2D eigenvalue weighted by Crippen LogP contribution is 2.60. The Kier molecular flexibility index (Phi) is 16.3. The van der Waals surface area contributed by atoms with Gasteiger partial charge < -0.3 is 0 Å². The van der Waals surface area contributed by atoms with Crippen LogP contribution in [0.15, 0.2) is 195 Å². The fourth-order valence-electron chi connectivity index (χ4n) is 18.9. The predicted octanol–water partition coefficient (Wildman–Crippen LogP) is 21.2. The van der Waals surface area contributed by atoms with Crippen molar-refractivity contribution in [1.29, 1.82) is 0 Å². The van der Waals surface area contributed by atoms with Crippen LogP contribution < -0.4 is 13.7 Å². The zero-order valence-corrected chi connectivity index (χ0v) is 60.5. The van der Waals surface area contributed by atoms with Crippen LogP contribution in [0.2, 0.25) is 0 Å². The van der Waals surface area contributed by atoms with Crippen molar-refractivity contribution < 1.29 is 18.1 Å². The molecule has 3 fully saturated rings. The number of hydrogen-bond acceptors (Lipinski definition) is 3. The lowest BCUT2D eigenvalue weighted by atomic mass is 9.78. The zero-order chi connectivity index (χ0) is 69.1. The van der Waals surface area contributed by atoms with Gasteiger partial charge in [-0.3, -0.25) is 15.0 Å². The molecule has 6 aliphatic carbocycles. The van der Waals surface area contributed by atoms with Crippen molar-refractivity contribution in [3.63, 3.8) is 0 Å². The van der Waals surface area contributed by atoms with Crippen molar-refractivity contribution >= 4 is 0 Å². The number of aryl methyl sites for hydroxylation is 12. The highest BCUT2D eigenvalue weighted by molar-refractivity contribution is 5.88. The van der Waals surface area contributed by atoms with E-state index in [2.05, 4.69) is 267 Å². The van der Waals surface area contributed by atoms with Gasteiger partial charge in [-0.2, -0.15) is 0 Å². The summed E-state index contributed by atoms with van der Waals surface area (Å²) in [6.45, 7) is 19.7. The molecule has 18 rings (SSSR count). The highest BCUT2D eigenvalue weighted by Gasteiger charge is 2.50. The molecule has 0 aliphatic heterocycles. The summed E-state index contributed by atoms with van der Waals surface area (Å²) in [5, 5.41) is 0. The highest BCUT2D eigenvalue weighted by atomic mass is 19.1. The number of fused-ring (bicyclic) bond motifs is 15. The van der Waals surface area contributed by atoms with Gasteiger partial charge in [-0.05, 0) is 233 Å². The van der Waals surface area contributed by atoms with Crippen LogP contribution in [-0.2, 0) is 37.4 Å². The van der Waals surface area contributed by atoms with E-state index in [1.54, 1.807) is 0 Å². The Hall–Kier alpha value is -9.85. The van der Waals surface area contributed by atoms with Crippen LogP contribution in [0.1, 0.15) is 161 Å². The van der Waals surface area contributed by atoms with Gasteiger partial charge in [0, 0.05) is 102 Å². The predicted molar refractivity (Wildman–Crippen MR) is 405 cm³/mol. The van der Waals surface area contributed by atoms with Gasteiger partial charge in [-0.15, -0.1) is 0 Å². The molecular weight excluding hydrogens is 1220 g/mol. The normalized spacial score (nSPS) is 15.6. The molecule has 0 atom stereocenters. The molecule has 0 bridgehead atoms. The molecule has 0 amide bonds. The van der Waals surface area contributed by atoms with Crippen molar-refractivity contribution in [2.75, 3.05) is 0 Å². The van der Waals surface area contributed by atoms with E-state index in [0.717, 1.165) is 28.2 Å². The molecule has 12 aromatic rings. The summed E-state index contributed by atoms with van der Waals surface area (Å²) in [5.74, 6) is -0.207. The Morgan fingerprint density at radius 2 is 0.550 bits per heavy atom. The van der Waals surface area contributed by atoms with Crippen molar-refractivity contribution in [1.82, 2.24) is 15.0 Å². The van der Waals surface area contributed by atoms with Gasteiger partial charge >= 0.3 is 0 Å². The van der Waals surface area contributed by atoms with Gasteiger partial charge in [0.15, 0.2) is 18.6 Å². The first kappa shape index (κ1) is 64.8. The number of aromatic nitrogens is 6. The monoisotopic (exact) mass is 1310 g/mol. The second kappa shape index (κ2) is 25.1. The van der Waals surface area contributed by atoms with E-state index >= 15 is 0 Å². The molecule has 0 saturated heterocycles. The van der Waals surface area contributed by atoms with E-state index < -0.39 is 0 Å². The van der Waals surface area contributed by atoms with E-state index in [9.17, 15) is 4.39 Å². The fraction of sp³-hybridized carbons (Fsp3) is 0.290. The fourth-order valence-corrected chi connectivity index (χ4v) is 18.9. The maximum atomic E-state index is 13.4. The SMILES string of the molecule is Cc1ccc2c(n1)C1(CCCC1)c1cc(C)c(-c3cc(C)c(-c4ccc(F)cc4)c[n+]3C)cc1-2.Cc1ccc2c(n1)C1(CCCC1)c1cc(C)c(-c3cc(C)c(-c4ccccc4)c[n+]3C)cc1-2.Cc1ccc2c(n1)C1(CCCC1)c1cc(C)c(-c3cc(C)c(-c4ccccc4)c[n+]3C)cc1-2. The van der Waals surface area contributed by atoms with Crippen LogP contribution in [0.3, 0.4) is 0 Å². The molecule has 6 aromatic carbocycles. The average Bonchev–Trinajstić information content (AvgIpc) is 1.57. The number of pyridine rings is 6. The topological polar surface area (TPSA) is 50.3 Å². The Morgan fingerprint density at radius 1 is 0.280 bits per heavy atom. The molecule has 100 heavy (non-hydrogen) atoms. The molecule has 6 aromatic heterocycles.